The zero-order valence-electron chi connectivity index (χ0n) is 19.3. The predicted octanol–water partition coefficient (Wildman–Crippen LogP) is 3.90. The van der Waals surface area contributed by atoms with Gasteiger partial charge in [0.15, 0.2) is 0 Å². The van der Waals surface area contributed by atoms with Crippen molar-refractivity contribution in [1.29, 1.82) is 0 Å². The van der Waals surface area contributed by atoms with Crippen molar-refractivity contribution in [2.45, 2.75) is 26.6 Å². The Morgan fingerprint density at radius 1 is 0.943 bits per heavy atom. The molecule has 3 aromatic carbocycles. The molecule has 0 saturated carbocycles. The molecule has 1 N–H and O–H groups in total. The van der Waals surface area contributed by atoms with Crippen LogP contribution in [0.15, 0.2) is 83.7 Å². The molecule has 5 rings (SSSR count). The van der Waals surface area contributed by atoms with E-state index in [1.54, 1.807) is 23.1 Å². The van der Waals surface area contributed by atoms with Crippen molar-refractivity contribution in [2.75, 3.05) is 6.54 Å². The monoisotopic (exact) mass is 467 g/mol. The maximum Gasteiger partial charge on any atom is 0.258 e. The lowest BCUT2D eigenvalue weighted by atomic mass is 10.2. The maximum atomic E-state index is 13.4. The lowest BCUT2D eigenvalue weighted by molar-refractivity contribution is -0.132. The van der Waals surface area contributed by atoms with Crippen molar-refractivity contribution in [3.63, 3.8) is 0 Å². The SMILES string of the molecule is CCN(Cc1nc2ccccc2c(=O)[nH]1)C(=O)Cn1c(COc2ccccc2)nc2ccccc21. The number of nitrogens with zero attached hydrogens (tertiary/aromatic N) is 4. The zero-order valence-corrected chi connectivity index (χ0v) is 19.3. The highest BCUT2D eigenvalue weighted by molar-refractivity contribution is 5.81. The van der Waals surface area contributed by atoms with Gasteiger partial charge in [0.1, 0.15) is 30.5 Å². The first-order chi connectivity index (χ1) is 17.1. The normalized spacial score (nSPS) is 11.1. The molecule has 0 aliphatic carbocycles. The van der Waals surface area contributed by atoms with Gasteiger partial charge in [0.25, 0.3) is 5.56 Å². The third-order valence-electron chi connectivity index (χ3n) is 5.88. The van der Waals surface area contributed by atoms with Crippen LogP contribution in [-0.2, 0) is 24.5 Å². The van der Waals surface area contributed by atoms with Crippen molar-refractivity contribution in [2.24, 2.45) is 0 Å². The number of fused-ring (bicyclic) bond motifs is 2. The highest BCUT2D eigenvalue weighted by Crippen LogP contribution is 2.19. The predicted molar refractivity (Wildman–Crippen MR) is 134 cm³/mol. The summed E-state index contributed by atoms with van der Waals surface area (Å²) in [5, 5.41) is 0.526. The molecular weight excluding hydrogens is 442 g/mol. The second-order valence-corrected chi connectivity index (χ2v) is 8.14. The zero-order chi connectivity index (χ0) is 24.2. The van der Waals surface area contributed by atoms with E-state index in [2.05, 4.69) is 9.97 Å². The van der Waals surface area contributed by atoms with Gasteiger partial charge in [-0.2, -0.15) is 0 Å². The molecular formula is C27H25N5O3. The van der Waals surface area contributed by atoms with E-state index in [-0.39, 0.29) is 31.2 Å². The number of imidazole rings is 1. The van der Waals surface area contributed by atoms with E-state index in [4.69, 9.17) is 9.72 Å². The first kappa shape index (κ1) is 22.3. The number of hydrogen-bond donors (Lipinski definition) is 1. The molecule has 0 aliphatic heterocycles. The Labute approximate surface area is 201 Å². The van der Waals surface area contributed by atoms with Gasteiger partial charge in [0.05, 0.1) is 28.5 Å². The summed E-state index contributed by atoms with van der Waals surface area (Å²) in [5.74, 6) is 1.75. The number of para-hydroxylation sites is 4. The number of amides is 1. The number of nitrogens with one attached hydrogen (secondary N) is 1. The van der Waals surface area contributed by atoms with Crippen LogP contribution < -0.4 is 10.3 Å². The molecule has 5 aromatic rings. The Bertz CT molecular complexity index is 1540. The molecule has 2 heterocycles. The van der Waals surface area contributed by atoms with Gasteiger partial charge in [-0.05, 0) is 43.3 Å². The molecule has 8 heteroatoms. The van der Waals surface area contributed by atoms with E-state index in [0.717, 1.165) is 16.8 Å². The minimum absolute atomic E-state index is 0.0969. The molecule has 0 aliphatic rings. The van der Waals surface area contributed by atoms with Gasteiger partial charge in [-0.3, -0.25) is 9.59 Å². The summed E-state index contributed by atoms with van der Waals surface area (Å²) in [5.41, 5.74) is 2.06. The van der Waals surface area contributed by atoms with Gasteiger partial charge < -0.3 is 19.2 Å². The number of benzene rings is 3. The summed E-state index contributed by atoms with van der Waals surface area (Å²) < 4.78 is 7.81. The van der Waals surface area contributed by atoms with Crippen LogP contribution in [0.3, 0.4) is 0 Å². The van der Waals surface area contributed by atoms with Gasteiger partial charge in [-0.25, -0.2) is 9.97 Å². The van der Waals surface area contributed by atoms with E-state index in [1.165, 1.54) is 0 Å². The Morgan fingerprint density at radius 3 is 2.46 bits per heavy atom. The van der Waals surface area contributed by atoms with Crippen LogP contribution in [0, 0.1) is 0 Å². The van der Waals surface area contributed by atoms with E-state index < -0.39 is 0 Å². The first-order valence-electron chi connectivity index (χ1n) is 11.5. The van der Waals surface area contributed by atoms with Gasteiger partial charge in [0.2, 0.25) is 5.91 Å². The Kier molecular flexibility index (Phi) is 6.26. The summed E-state index contributed by atoms with van der Waals surface area (Å²) in [7, 11) is 0. The number of aromatic amines is 1. The topological polar surface area (TPSA) is 93.1 Å². The minimum Gasteiger partial charge on any atom is -0.486 e. The second kappa shape index (κ2) is 9.80. The number of carbonyl (C=O) groups is 1. The summed E-state index contributed by atoms with van der Waals surface area (Å²) >= 11 is 0. The maximum absolute atomic E-state index is 13.4. The highest BCUT2D eigenvalue weighted by Gasteiger charge is 2.19. The number of rotatable bonds is 8. The van der Waals surface area contributed by atoms with E-state index in [1.807, 2.05) is 72.2 Å². The van der Waals surface area contributed by atoms with E-state index in [0.29, 0.717) is 29.1 Å². The second-order valence-electron chi connectivity index (χ2n) is 8.14. The summed E-state index contributed by atoms with van der Waals surface area (Å²) in [4.78, 5) is 39.6. The molecule has 0 spiro atoms. The van der Waals surface area contributed by atoms with Crippen LogP contribution in [0.5, 0.6) is 5.75 Å². The third kappa shape index (κ3) is 4.77. The summed E-state index contributed by atoms with van der Waals surface area (Å²) in [6.07, 6.45) is 0. The molecule has 0 bridgehead atoms. The number of hydrogen-bond acceptors (Lipinski definition) is 5. The number of likely N-dealkylation sites (N-methyl/N-ethyl adjacent to an activating group) is 1. The smallest absolute Gasteiger partial charge is 0.258 e. The van der Waals surface area contributed by atoms with Gasteiger partial charge in [-0.15, -0.1) is 0 Å². The average molecular weight is 468 g/mol. The number of ether oxygens (including phenoxy) is 1. The minimum atomic E-state index is -0.213. The molecule has 2 aromatic heterocycles. The van der Waals surface area contributed by atoms with E-state index in [9.17, 15) is 9.59 Å². The third-order valence-corrected chi connectivity index (χ3v) is 5.88. The van der Waals surface area contributed by atoms with Crippen LogP contribution in [0.2, 0.25) is 0 Å². The van der Waals surface area contributed by atoms with Gasteiger partial charge in [0, 0.05) is 6.54 Å². The fraction of sp³-hybridized carbons (Fsp3) is 0.185. The van der Waals surface area contributed by atoms with Crippen molar-refractivity contribution in [3.8, 4) is 5.75 Å². The largest absolute Gasteiger partial charge is 0.486 e. The summed E-state index contributed by atoms with van der Waals surface area (Å²) in [6, 6.07) is 24.4. The Balaban J connectivity index is 1.39. The molecule has 0 radical (unpaired) electrons. The summed E-state index contributed by atoms with van der Waals surface area (Å²) in [6.45, 7) is 2.91. The molecule has 8 nitrogen and oxygen atoms in total. The molecule has 176 valence electrons. The molecule has 0 fully saturated rings. The number of carbonyl (C=O) groups excluding carboxylic acids is 1. The molecule has 1 amide bonds. The fourth-order valence-electron chi connectivity index (χ4n) is 4.08. The highest BCUT2D eigenvalue weighted by atomic mass is 16.5. The van der Waals surface area contributed by atoms with Crippen LogP contribution in [0.1, 0.15) is 18.6 Å². The van der Waals surface area contributed by atoms with Crippen LogP contribution in [0.4, 0.5) is 0 Å². The Morgan fingerprint density at radius 2 is 1.66 bits per heavy atom. The van der Waals surface area contributed by atoms with Crippen molar-refractivity contribution < 1.29 is 9.53 Å². The average Bonchev–Trinajstić information content (AvgIpc) is 3.23. The molecule has 0 unspecified atom stereocenters. The first-order valence-corrected chi connectivity index (χ1v) is 11.5. The Hall–Kier alpha value is -4.46. The number of aromatic nitrogens is 4. The van der Waals surface area contributed by atoms with Crippen molar-refractivity contribution in [1.82, 2.24) is 24.4 Å². The quantitative estimate of drug-likeness (QED) is 0.374. The van der Waals surface area contributed by atoms with Gasteiger partial charge >= 0.3 is 0 Å². The molecule has 0 saturated heterocycles. The lowest BCUT2D eigenvalue weighted by Crippen LogP contribution is -2.35. The van der Waals surface area contributed by atoms with Crippen molar-refractivity contribution in [3.05, 3.63) is 101 Å². The van der Waals surface area contributed by atoms with E-state index >= 15 is 0 Å². The molecule has 35 heavy (non-hydrogen) atoms. The number of H-pyrrole nitrogens is 1. The van der Waals surface area contributed by atoms with Crippen LogP contribution in [0.25, 0.3) is 21.9 Å². The fourth-order valence-corrected chi connectivity index (χ4v) is 4.08. The standard InChI is InChI=1S/C27H25N5O3/c1-2-31(16-24-28-21-13-7-6-12-20(21)27(34)30-24)26(33)17-32-23-15-9-8-14-22(23)29-25(32)18-35-19-10-4-3-5-11-19/h3-15H,2,16-18H2,1H3,(H,28,30,34). The lowest BCUT2D eigenvalue weighted by Gasteiger charge is -2.21. The van der Waals surface area contributed by atoms with Gasteiger partial charge in [-0.1, -0.05) is 42.5 Å². The molecule has 0 atom stereocenters. The van der Waals surface area contributed by atoms with Crippen LogP contribution in [-0.4, -0.2) is 36.9 Å². The van der Waals surface area contributed by atoms with Crippen LogP contribution >= 0.6 is 0 Å². The van der Waals surface area contributed by atoms with Crippen molar-refractivity contribution >= 4 is 27.8 Å².